The van der Waals surface area contributed by atoms with Crippen LogP contribution in [0.25, 0.3) is 73.0 Å². The predicted octanol–water partition coefficient (Wildman–Crippen LogP) is 16.5. The molecule has 1 radical (unpaired) electrons. The molecular weight excluding hydrogens is 955 g/mol. The summed E-state index contributed by atoms with van der Waals surface area (Å²) in [7, 11) is 0. The SMILES string of the molecule is Cc1cc(C)cc(-c2nc(-c3[c-]ccc(-c4cc(-c5ccc(C(C)(C)C)cc5)cc(-c5ccc(C(C)(C)C)cc5)c4)c3)n(-c3c(C(C)C)cc(-c4ccccc4)cc3C(C)C)n2)c1.[Ir]. The molecule has 4 heteroatoms. The second-order valence-electron chi connectivity index (χ2n) is 20.2. The summed E-state index contributed by atoms with van der Waals surface area (Å²) in [5.41, 5.74) is 20.0. The fraction of sp³-hybridized carbons (Fsp3) is 0.267. The molecule has 0 aliphatic heterocycles. The molecular formula is C60H62IrN3-. The zero-order valence-electron chi connectivity index (χ0n) is 39.7. The average molecular weight is 1020 g/mol. The fourth-order valence-corrected chi connectivity index (χ4v) is 8.70. The van der Waals surface area contributed by atoms with Crippen molar-refractivity contribution in [2.24, 2.45) is 0 Å². The van der Waals surface area contributed by atoms with Crippen molar-refractivity contribution in [2.45, 2.75) is 106 Å². The Hall–Kier alpha value is -5.67. The summed E-state index contributed by atoms with van der Waals surface area (Å²) >= 11 is 0. The van der Waals surface area contributed by atoms with Crippen molar-refractivity contribution in [1.29, 1.82) is 0 Å². The van der Waals surface area contributed by atoms with E-state index in [4.69, 9.17) is 10.1 Å². The zero-order valence-corrected chi connectivity index (χ0v) is 42.1. The van der Waals surface area contributed by atoms with Gasteiger partial charge in [-0.05, 0) is 140 Å². The van der Waals surface area contributed by atoms with Gasteiger partial charge in [0.15, 0.2) is 5.82 Å². The Kier molecular flexibility index (Phi) is 13.3. The maximum Gasteiger partial charge on any atom is 0.171 e. The van der Waals surface area contributed by atoms with Crippen molar-refractivity contribution in [3.63, 3.8) is 0 Å². The van der Waals surface area contributed by atoms with E-state index < -0.39 is 0 Å². The first-order valence-corrected chi connectivity index (χ1v) is 22.6. The molecule has 0 saturated carbocycles. The molecule has 0 saturated heterocycles. The number of aromatic nitrogens is 3. The van der Waals surface area contributed by atoms with E-state index in [-0.39, 0.29) is 42.8 Å². The summed E-state index contributed by atoms with van der Waals surface area (Å²) in [6, 6.07) is 57.3. The van der Waals surface area contributed by atoms with Crippen LogP contribution in [-0.2, 0) is 30.9 Å². The van der Waals surface area contributed by atoms with Crippen LogP contribution in [0, 0.1) is 19.9 Å². The van der Waals surface area contributed by atoms with E-state index in [9.17, 15) is 0 Å². The number of aryl methyl sites for hydroxylation is 2. The molecule has 0 fully saturated rings. The van der Waals surface area contributed by atoms with Crippen LogP contribution in [0.1, 0.15) is 114 Å². The number of nitrogens with zero attached hydrogens (tertiary/aromatic N) is 3. The van der Waals surface area contributed by atoms with Crippen molar-refractivity contribution in [3.8, 4) is 73.0 Å². The van der Waals surface area contributed by atoms with Gasteiger partial charge in [-0.25, -0.2) is 0 Å². The Morgan fingerprint density at radius 3 is 1.39 bits per heavy atom. The van der Waals surface area contributed by atoms with Gasteiger partial charge in [0.25, 0.3) is 0 Å². The topological polar surface area (TPSA) is 30.7 Å². The molecule has 0 atom stereocenters. The van der Waals surface area contributed by atoms with Crippen LogP contribution in [0.4, 0.5) is 0 Å². The minimum absolute atomic E-state index is 0. The van der Waals surface area contributed by atoms with E-state index in [1.165, 1.54) is 66.8 Å². The largest absolute Gasteiger partial charge is 0.257 e. The van der Waals surface area contributed by atoms with Crippen LogP contribution < -0.4 is 0 Å². The number of rotatable bonds is 9. The molecule has 8 rings (SSSR count). The third-order valence-corrected chi connectivity index (χ3v) is 12.3. The molecule has 327 valence electrons. The molecule has 64 heavy (non-hydrogen) atoms. The molecule has 1 heterocycles. The third kappa shape index (κ3) is 9.85. The first kappa shape index (κ1) is 46.3. The van der Waals surface area contributed by atoms with Gasteiger partial charge in [0.2, 0.25) is 0 Å². The molecule has 0 unspecified atom stereocenters. The Balaban J connectivity index is 0.00000612. The summed E-state index contributed by atoms with van der Waals surface area (Å²) in [4.78, 5) is 5.43. The van der Waals surface area contributed by atoms with Crippen molar-refractivity contribution in [3.05, 3.63) is 185 Å². The van der Waals surface area contributed by atoms with Gasteiger partial charge in [0.1, 0.15) is 0 Å². The minimum atomic E-state index is 0. The molecule has 3 nitrogen and oxygen atoms in total. The van der Waals surface area contributed by atoms with Crippen molar-refractivity contribution in [2.75, 3.05) is 0 Å². The van der Waals surface area contributed by atoms with Gasteiger partial charge >= 0.3 is 0 Å². The average Bonchev–Trinajstić information content (AvgIpc) is 3.71. The summed E-state index contributed by atoms with van der Waals surface area (Å²) in [5.74, 6) is 1.94. The molecule has 7 aromatic carbocycles. The minimum Gasteiger partial charge on any atom is -0.257 e. The molecule has 0 aliphatic rings. The van der Waals surface area contributed by atoms with Crippen LogP contribution in [-0.4, -0.2) is 14.8 Å². The molecule has 0 N–H and O–H groups in total. The predicted molar refractivity (Wildman–Crippen MR) is 268 cm³/mol. The van der Waals surface area contributed by atoms with Crippen LogP contribution in [0.2, 0.25) is 0 Å². The number of hydrogen-bond acceptors (Lipinski definition) is 2. The van der Waals surface area contributed by atoms with Crippen LogP contribution in [0.15, 0.2) is 146 Å². The van der Waals surface area contributed by atoms with E-state index in [0.29, 0.717) is 5.82 Å². The van der Waals surface area contributed by atoms with Gasteiger partial charge < -0.3 is 0 Å². The zero-order chi connectivity index (χ0) is 44.8. The van der Waals surface area contributed by atoms with Gasteiger partial charge in [-0.2, -0.15) is 5.10 Å². The Morgan fingerprint density at radius 2 is 0.922 bits per heavy atom. The normalized spacial score (nSPS) is 11.9. The van der Waals surface area contributed by atoms with Crippen molar-refractivity contribution < 1.29 is 20.1 Å². The fourth-order valence-electron chi connectivity index (χ4n) is 8.70. The number of benzene rings is 7. The van der Waals surface area contributed by atoms with Gasteiger partial charge in [-0.3, -0.25) is 9.67 Å². The molecule has 0 aliphatic carbocycles. The smallest absolute Gasteiger partial charge is 0.171 e. The first-order chi connectivity index (χ1) is 29.9. The van der Waals surface area contributed by atoms with E-state index in [0.717, 1.165) is 33.8 Å². The summed E-state index contributed by atoms with van der Waals surface area (Å²) < 4.78 is 2.12. The van der Waals surface area contributed by atoms with E-state index >= 15 is 0 Å². The van der Waals surface area contributed by atoms with Crippen molar-refractivity contribution >= 4 is 0 Å². The maximum absolute atomic E-state index is 5.44. The summed E-state index contributed by atoms with van der Waals surface area (Å²) in [6.07, 6.45) is 0. The van der Waals surface area contributed by atoms with Crippen LogP contribution in [0.5, 0.6) is 0 Å². The maximum atomic E-state index is 5.44. The third-order valence-electron chi connectivity index (χ3n) is 12.3. The second-order valence-corrected chi connectivity index (χ2v) is 20.2. The Bertz CT molecular complexity index is 2780. The van der Waals surface area contributed by atoms with E-state index in [1.807, 2.05) is 6.07 Å². The van der Waals surface area contributed by atoms with Gasteiger partial charge in [-0.15, -0.1) is 35.4 Å². The molecule has 0 amide bonds. The van der Waals surface area contributed by atoms with Crippen LogP contribution in [0.3, 0.4) is 0 Å². The standard InChI is InChI=1S/C60H62N3.Ir/c1-38(2)54-36-50(42-17-14-13-15-18-42)37-55(39(3)4)56(54)63-58(61-57(62-63)51-30-40(5)29-41(6)31-51)46-20-16-19-45(32-46)49-34-47(43-21-25-52(26-22-43)59(7,8)9)33-48(35-49)44-23-27-53(28-24-44)60(10,11)12;/h13-19,21-39H,1-12H3;/q-1;. The Morgan fingerprint density at radius 1 is 0.469 bits per heavy atom. The van der Waals surface area contributed by atoms with Crippen molar-refractivity contribution in [1.82, 2.24) is 14.8 Å². The Labute approximate surface area is 396 Å². The number of hydrogen-bond donors (Lipinski definition) is 0. The summed E-state index contributed by atoms with van der Waals surface area (Å²) in [6.45, 7) is 27.0. The van der Waals surface area contributed by atoms with E-state index in [1.54, 1.807) is 0 Å². The van der Waals surface area contributed by atoms with Crippen LogP contribution >= 0.6 is 0 Å². The first-order valence-electron chi connectivity index (χ1n) is 22.6. The van der Waals surface area contributed by atoms with Gasteiger partial charge in [0.05, 0.1) is 11.5 Å². The molecule has 1 aromatic heterocycles. The molecule has 0 bridgehead atoms. The summed E-state index contributed by atoms with van der Waals surface area (Å²) in [5, 5.41) is 5.44. The quantitative estimate of drug-likeness (QED) is 0.135. The van der Waals surface area contributed by atoms with E-state index in [2.05, 4.69) is 233 Å². The second kappa shape index (κ2) is 18.4. The molecule has 0 spiro atoms. The van der Waals surface area contributed by atoms with Gasteiger partial charge in [0, 0.05) is 25.7 Å². The monoisotopic (exact) mass is 1020 g/mol. The van der Waals surface area contributed by atoms with Gasteiger partial charge in [-0.1, -0.05) is 165 Å². The molecule has 8 aromatic rings.